The van der Waals surface area contributed by atoms with Crippen molar-refractivity contribution in [2.75, 3.05) is 0 Å². The summed E-state index contributed by atoms with van der Waals surface area (Å²) in [6, 6.07) is 44.9. The van der Waals surface area contributed by atoms with Crippen molar-refractivity contribution in [3.63, 3.8) is 0 Å². The minimum Gasteiger partial charge on any atom is -0.573 e. The van der Waals surface area contributed by atoms with Crippen LogP contribution in [0, 0.1) is 18.2 Å². The number of hydrogen-bond donors (Lipinski definition) is 0. The molecule has 0 spiro atoms. The number of rotatable bonds is 3. The van der Waals surface area contributed by atoms with Gasteiger partial charge in [-0.05, 0) is 23.1 Å². The van der Waals surface area contributed by atoms with E-state index in [1.807, 2.05) is 109 Å². The summed E-state index contributed by atoms with van der Waals surface area (Å²) in [5.74, 6) is 0. The van der Waals surface area contributed by atoms with Crippen LogP contribution >= 0.6 is 0 Å². The van der Waals surface area contributed by atoms with Gasteiger partial charge in [0, 0.05) is 26.3 Å². The van der Waals surface area contributed by atoms with Gasteiger partial charge in [-0.3, -0.25) is 0 Å². The largest absolute Gasteiger partial charge is 0.573 e. The zero-order valence-corrected chi connectivity index (χ0v) is 20.0. The number of benzene rings is 3. The van der Waals surface area contributed by atoms with Crippen molar-refractivity contribution in [1.29, 1.82) is 0 Å². The van der Waals surface area contributed by atoms with Crippen LogP contribution in [0.3, 0.4) is 0 Å². The van der Waals surface area contributed by atoms with Gasteiger partial charge < -0.3 is 21.6 Å². The van der Waals surface area contributed by atoms with E-state index in [0.29, 0.717) is 0 Å². The number of hydrogen-bond acceptors (Lipinski definition) is 3. The first-order valence-electron chi connectivity index (χ1n) is 9.90. The van der Waals surface area contributed by atoms with Crippen LogP contribution in [-0.4, -0.2) is 16.8 Å². The Morgan fingerprint density at radius 2 is 0.939 bits per heavy atom. The van der Waals surface area contributed by atoms with E-state index in [-0.39, 0.29) is 20.1 Å². The number of nitrogens with zero attached hydrogens (tertiary/aromatic N) is 2. The minimum absolute atomic E-state index is 0. The fraction of sp³-hybridized carbons (Fsp3) is 0. The third-order valence-corrected chi connectivity index (χ3v) is 4.37. The predicted molar refractivity (Wildman–Crippen MR) is 127 cm³/mol. The van der Waals surface area contributed by atoms with Crippen molar-refractivity contribution in [2.45, 2.75) is 0 Å². The third kappa shape index (κ3) is 7.73. The molecule has 0 saturated heterocycles. The van der Waals surface area contributed by atoms with Gasteiger partial charge >= 0.3 is 0 Å². The molecule has 3 nitrogen and oxygen atoms in total. The van der Waals surface area contributed by atoms with Crippen LogP contribution in [0.25, 0.3) is 33.8 Å². The van der Waals surface area contributed by atoms with E-state index in [0.717, 1.165) is 33.8 Å². The Balaban J connectivity index is 0.000000225. The quantitative estimate of drug-likeness (QED) is 0.232. The first kappa shape index (κ1) is 25.5. The van der Waals surface area contributed by atoms with E-state index >= 15 is 0 Å². The SMILES string of the molecule is [C-]=O.[Ir].[c-]1ccccc1-c1cccc(-c2[c-]cccc2)n1.[c-]1ccccc1-c1ccccn1. The van der Waals surface area contributed by atoms with Crippen molar-refractivity contribution in [2.24, 2.45) is 0 Å². The summed E-state index contributed by atoms with van der Waals surface area (Å²) >= 11 is 0. The van der Waals surface area contributed by atoms with Gasteiger partial charge in [-0.1, -0.05) is 30.3 Å². The Kier molecular flexibility index (Phi) is 11.1. The molecule has 5 rings (SSSR count). The first-order chi connectivity index (χ1) is 15.9. The van der Waals surface area contributed by atoms with E-state index in [4.69, 9.17) is 4.79 Å². The second-order valence-corrected chi connectivity index (χ2v) is 6.45. The van der Waals surface area contributed by atoms with Crippen LogP contribution in [0.1, 0.15) is 0 Å². The van der Waals surface area contributed by atoms with Gasteiger partial charge in [0.1, 0.15) is 0 Å². The second-order valence-electron chi connectivity index (χ2n) is 6.45. The maximum absolute atomic E-state index is 7.50. The number of aromatic nitrogens is 2. The molecule has 0 atom stereocenters. The van der Waals surface area contributed by atoms with Crippen LogP contribution < -0.4 is 0 Å². The Labute approximate surface area is 208 Å². The average molecular weight is 604 g/mol. The molecule has 0 amide bonds. The summed E-state index contributed by atoms with van der Waals surface area (Å²) < 4.78 is 0. The molecule has 5 aromatic rings. The zero-order chi connectivity index (χ0) is 22.4. The Hall–Kier alpha value is -3.72. The molecule has 164 valence electrons. The average Bonchev–Trinajstić information content (AvgIpc) is 2.92. The summed E-state index contributed by atoms with van der Waals surface area (Å²) in [7, 11) is 0. The van der Waals surface area contributed by atoms with E-state index in [1.165, 1.54) is 0 Å². The van der Waals surface area contributed by atoms with Gasteiger partial charge in [0.05, 0.1) is 0 Å². The van der Waals surface area contributed by atoms with E-state index in [9.17, 15) is 0 Å². The standard InChI is InChI=1S/C17H11N.C11H8N.CO.Ir/c1-3-8-14(9-4-1)16-12-7-13-17(18-16)15-10-5-2-6-11-15;1-2-6-10(7-3-1)11-8-4-5-9-12-11;1-2;/h1-8,10,12-13H;1-6,8-9H;;/q-2;2*-1;. The fourth-order valence-corrected chi connectivity index (χ4v) is 2.91. The normalized spacial score (nSPS) is 9.21. The molecule has 2 aromatic heterocycles. The topological polar surface area (TPSA) is 42.9 Å². The second kappa shape index (κ2) is 14.4. The third-order valence-electron chi connectivity index (χ3n) is 4.37. The molecule has 2 radical (unpaired) electrons. The van der Waals surface area contributed by atoms with Crippen molar-refractivity contribution in [3.8, 4) is 33.8 Å². The molecule has 33 heavy (non-hydrogen) atoms. The van der Waals surface area contributed by atoms with Crippen molar-refractivity contribution in [1.82, 2.24) is 9.97 Å². The fourth-order valence-electron chi connectivity index (χ4n) is 2.91. The van der Waals surface area contributed by atoms with Gasteiger partial charge in [0.2, 0.25) is 0 Å². The van der Waals surface area contributed by atoms with E-state index < -0.39 is 0 Å². The van der Waals surface area contributed by atoms with E-state index in [2.05, 4.69) is 35.0 Å². The van der Waals surface area contributed by atoms with Crippen molar-refractivity contribution in [3.05, 3.63) is 134 Å². The molecule has 0 aliphatic heterocycles. The van der Waals surface area contributed by atoms with Gasteiger partial charge in [0.25, 0.3) is 0 Å². The van der Waals surface area contributed by atoms with Gasteiger partial charge in [-0.15, -0.1) is 108 Å². The Morgan fingerprint density at radius 3 is 1.33 bits per heavy atom. The van der Waals surface area contributed by atoms with Crippen LogP contribution in [0.15, 0.2) is 115 Å². The van der Waals surface area contributed by atoms with Crippen LogP contribution in [0.4, 0.5) is 0 Å². The molecule has 0 unspecified atom stereocenters. The molecular formula is C29H19IrN2O-4. The maximum atomic E-state index is 7.50. The zero-order valence-electron chi connectivity index (χ0n) is 17.6. The molecule has 0 aliphatic rings. The summed E-state index contributed by atoms with van der Waals surface area (Å²) in [5.41, 5.74) is 5.90. The summed E-state index contributed by atoms with van der Waals surface area (Å²) in [4.78, 5) is 16.4. The Bertz CT molecular complexity index is 1090. The van der Waals surface area contributed by atoms with Crippen LogP contribution in [0.5, 0.6) is 0 Å². The molecule has 0 fully saturated rings. The van der Waals surface area contributed by atoms with E-state index in [1.54, 1.807) is 6.20 Å². The number of carbonyl (C=O) groups excluding carboxylic acids is 1. The summed E-state index contributed by atoms with van der Waals surface area (Å²) in [6.45, 7) is 4.50. The molecule has 0 saturated carbocycles. The first-order valence-corrected chi connectivity index (χ1v) is 9.90. The van der Waals surface area contributed by atoms with Crippen molar-refractivity contribution >= 4 is 6.79 Å². The van der Waals surface area contributed by atoms with Gasteiger partial charge in [-0.2, -0.15) is 0 Å². The van der Waals surface area contributed by atoms with Crippen molar-refractivity contribution < 1.29 is 24.9 Å². The summed E-state index contributed by atoms with van der Waals surface area (Å²) in [6.07, 6.45) is 1.79. The predicted octanol–water partition coefficient (Wildman–Crippen LogP) is 6.17. The van der Waals surface area contributed by atoms with Crippen LogP contribution in [-0.2, 0) is 24.9 Å². The molecule has 4 heteroatoms. The Morgan fingerprint density at radius 1 is 0.515 bits per heavy atom. The molecule has 2 heterocycles. The smallest absolute Gasteiger partial charge is 0.0160 e. The minimum atomic E-state index is 0. The molecule has 0 N–H and O–H groups in total. The summed E-state index contributed by atoms with van der Waals surface area (Å²) in [5, 5.41) is 0. The monoisotopic (exact) mass is 604 g/mol. The van der Waals surface area contributed by atoms with Gasteiger partial charge in [-0.25, -0.2) is 0 Å². The molecule has 0 bridgehead atoms. The molecular weight excluding hydrogens is 585 g/mol. The number of pyridine rings is 2. The maximum Gasteiger partial charge on any atom is 0.0160 e. The molecule has 0 aliphatic carbocycles. The van der Waals surface area contributed by atoms with Crippen LogP contribution in [0.2, 0.25) is 0 Å². The molecule has 3 aromatic carbocycles. The van der Waals surface area contributed by atoms with Gasteiger partial charge in [0.15, 0.2) is 0 Å².